The monoisotopic (exact) mass is 129 g/mol. The van der Waals surface area contributed by atoms with Crippen LogP contribution in [0.15, 0.2) is 0 Å². The third-order valence-electron chi connectivity index (χ3n) is 1.57. The smallest absolute Gasteiger partial charge is 0.160 e. The van der Waals surface area contributed by atoms with Crippen LogP contribution >= 0.6 is 0 Å². The lowest BCUT2D eigenvalue weighted by Gasteiger charge is -2.24. The molecule has 3 nitrogen and oxygen atoms in total. The van der Waals surface area contributed by atoms with Crippen LogP contribution in [-0.4, -0.2) is 24.5 Å². The van der Waals surface area contributed by atoms with E-state index in [9.17, 15) is 4.79 Å². The molecule has 1 saturated heterocycles. The number of carbonyl (C=O) groups is 1. The van der Waals surface area contributed by atoms with Crippen LogP contribution in [0.4, 0.5) is 0 Å². The Hall–Kier alpha value is -0.410. The fraction of sp³-hybridized carbons (Fsp3) is 0.833. The first kappa shape index (κ1) is 6.71. The molecule has 1 aliphatic heterocycles. The first-order valence-corrected chi connectivity index (χ1v) is 3.09. The van der Waals surface area contributed by atoms with Crippen LogP contribution in [-0.2, 0) is 9.53 Å². The normalized spacial score (nSPS) is 36.9. The Kier molecular flexibility index (Phi) is 1.83. The molecule has 0 aromatic heterocycles. The van der Waals surface area contributed by atoms with Gasteiger partial charge in [0.05, 0.1) is 6.10 Å². The van der Waals surface area contributed by atoms with E-state index in [1.807, 2.05) is 6.92 Å². The molecule has 9 heavy (non-hydrogen) atoms. The SMILES string of the molecule is C[C@H]1OCC(=O)C[C@H]1N. The second kappa shape index (κ2) is 2.45. The molecule has 0 aliphatic carbocycles. The van der Waals surface area contributed by atoms with Crippen molar-refractivity contribution in [3.05, 3.63) is 0 Å². The molecule has 52 valence electrons. The van der Waals surface area contributed by atoms with Crippen molar-refractivity contribution in [2.75, 3.05) is 6.61 Å². The zero-order chi connectivity index (χ0) is 6.85. The highest BCUT2D eigenvalue weighted by atomic mass is 16.5. The number of rotatable bonds is 0. The van der Waals surface area contributed by atoms with Gasteiger partial charge in [0.2, 0.25) is 0 Å². The second-order valence-electron chi connectivity index (χ2n) is 2.42. The predicted octanol–water partition coefficient (Wildman–Crippen LogP) is -0.308. The van der Waals surface area contributed by atoms with E-state index in [1.54, 1.807) is 0 Å². The van der Waals surface area contributed by atoms with Crippen LogP contribution < -0.4 is 5.73 Å². The molecular weight excluding hydrogens is 118 g/mol. The lowest BCUT2D eigenvalue weighted by Crippen LogP contribution is -2.42. The zero-order valence-corrected chi connectivity index (χ0v) is 5.46. The standard InChI is InChI=1S/C6H11NO2/c1-4-6(7)2-5(8)3-9-4/h4,6H,2-3,7H2,1H3/t4-,6-/m1/s1. The van der Waals surface area contributed by atoms with E-state index >= 15 is 0 Å². The molecule has 1 aliphatic rings. The minimum absolute atomic E-state index is 0.0442. The molecule has 1 fully saturated rings. The van der Waals surface area contributed by atoms with Crippen molar-refractivity contribution in [2.24, 2.45) is 5.73 Å². The van der Waals surface area contributed by atoms with E-state index in [1.165, 1.54) is 0 Å². The van der Waals surface area contributed by atoms with E-state index in [-0.39, 0.29) is 24.5 Å². The minimum atomic E-state index is -0.0914. The highest BCUT2D eigenvalue weighted by Gasteiger charge is 2.22. The molecule has 2 atom stereocenters. The number of ether oxygens (including phenoxy) is 1. The third-order valence-corrected chi connectivity index (χ3v) is 1.57. The Bertz CT molecular complexity index is 124. The minimum Gasteiger partial charge on any atom is -0.369 e. The van der Waals surface area contributed by atoms with Gasteiger partial charge in [-0.1, -0.05) is 0 Å². The molecule has 1 rings (SSSR count). The summed E-state index contributed by atoms with van der Waals surface area (Å²) in [7, 11) is 0. The maximum Gasteiger partial charge on any atom is 0.160 e. The fourth-order valence-corrected chi connectivity index (χ4v) is 0.836. The van der Waals surface area contributed by atoms with Crippen molar-refractivity contribution < 1.29 is 9.53 Å². The Balaban J connectivity index is 2.44. The third kappa shape index (κ3) is 1.50. The summed E-state index contributed by atoms with van der Waals surface area (Å²) in [5.41, 5.74) is 5.52. The van der Waals surface area contributed by atoms with Crippen molar-refractivity contribution in [2.45, 2.75) is 25.5 Å². The first-order valence-electron chi connectivity index (χ1n) is 3.09. The number of nitrogens with two attached hydrogens (primary N) is 1. The molecule has 0 radical (unpaired) electrons. The van der Waals surface area contributed by atoms with Crippen molar-refractivity contribution in [1.29, 1.82) is 0 Å². The summed E-state index contributed by atoms with van der Waals surface area (Å²) < 4.78 is 5.03. The Labute approximate surface area is 54.2 Å². The van der Waals surface area contributed by atoms with Crippen molar-refractivity contribution in [3.8, 4) is 0 Å². The molecule has 0 aromatic carbocycles. The highest BCUT2D eigenvalue weighted by molar-refractivity contribution is 5.80. The van der Waals surface area contributed by atoms with Gasteiger partial charge in [-0.15, -0.1) is 0 Å². The van der Waals surface area contributed by atoms with Crippen molar-refractivity contribution >= 4 is 5.78 Å². The number of hydrogen-bond donors (Lipinski definition) is 1. The van der Waals surface area contributed by atoms with Crippen LogP contribution in [0.3, 0.4) is 0 Å². The number of carbonyl (C=O) groups excluding carboxylic acids is 1. The van der Waals surface area contributed by atoms with Gasteiger partial charge in [0, 0.05) is 12.5 Å². The lowest BCUT2D eigenvalue weighted by molar-refractivity contribution is -0.131. The average molecular weight is 129 g/mol. The first-order chi connectivity index (χ1) is 4.20. The summed E-state index contributed by atoms with van der Waals surface area (Å²) in [6, 6.07) is -0.0914. The van der Waals surface area contributed by atoms with Crippen LogP contribution in [0.2, 0.25) is 0 Å². The van der Waals surface area contributed by atoms with E-state index in [4.69, 9.17) is 10.5 Å². The Morgan fingerprint density at radius 3 is 2.89 bits per heavy atom. The summed E-state index contributed by atoms with van der Waals surface area (Å²) in [5.74, 6) is 0.112. The molecule has 2 N–H and O–H groups in total. The number of ketones is 1. The van der Waals surface area contributed by atoms with E-state index in [2.05, 4.69) is 0 Å². The van der Waals surface area contributed by atoms with E-state index < -0.39 is 0 Å². The van der Waals surface area contributed by atoms with Crippen LogP contribution in [0.5, 0.6) is 0 Å². The topological polar surface area (TPSA) is 52.3 Å². The number of Topliss-reactive ketones (excluding diaryl/α,β-unsaturated/α-hetero) is 1. The predicted molar refractivity (Wildman–Crippen MR) is 33.0 cm³/mol. The summed E-state index contributed by atoms with van der Waals surface area (Å²) in [4.78, 5) is 10.6. The summed E-state index contributed by atoms with van der Waals surface area (Å²) >= 11 is 0. The molecule has 1 heterocycles. The molecule has 0 saturated carbocycles. The summed E-state index contributed by atoms with van der Waals surface area (Å²) in [6.45, 7) is 2.13. The van der Waals surface area contributed by atoms with Crippen LogP contribution in [0.25, 0.3) is 0 Å². The van der Waals surface area contributed by atoms with Gasteiger partial charge >= 0.3 is 0 Å². The van der Waals surface area contributed by atoms with Gasteiger partial charge in [-0.25, -0.2) is 0 Å². The largest absolute Gasteiger partial charge is 0.369 e. The molecule has 0 spiro atoms. The average Bonchev–Trinajstić information content (AvgIpc) is 1.80. The molecule has 0 aromatic rings. The maximum absolute atomic E-state index is 10.6. The maximum atomic E-state index is 10.6. The Morgan fingerprint density at radius 1 is 1.78 bits per heavy atom. The summed E-state index contributed by atoms with van der Waals surface area (Å²) in [6.07, 6.45) is 0.518. The fourth-order valence-electron chi connectivity index (χ4n) is 0.836. The molecular formula is C6H11NO2. The molecule has 0 bridgehead atoms. The number of hydrogen-bond acceptors (Lipinski definition) is 3. The van der Waals surface area contributed by atoms with Gasteiger partial charge in [-0.3, -0.25) is 4.79 Å². The summed E-state index contributed by atoms with van der Waals surface area (Å²) in [5, 5.41) is 0. The van der Waals surface area contributed by atoms with Gasteiger partial charge in [0.25, 0.3) is 0 Å². The van der Waals surface area contributed by atoms with Gasteiger partial charge in [-0.2, -0.15) is 0 Å². The van der Waals surface area contributed by atoms with Crippen LogP contribution in [0, 0.1) is 0 Å². The highest BCUT2D eigenvalue weighted by Crippen LogP contribution is 2.07. The van der Waals surface area contributed by atoms with Crippen molar-refractivity contribution in [1.82, 2.24) is 0 Å². The molecule has 0 unspecified atom stereocenters. The van der Waals surface area contributed by atoms with E-state index in [0.717, 1.165) is 0 Å². The van der Waals surface area contributed by atoms with Gasteiger partial charge in [0.1, 0.15) is 6.61 Å². The lowest BCUT2D eigenvalue weighted by atomic mass is 10.0. The quantitative estimate of drug-likeness (QED) is 0.488. The van der Waals surface area contributed by atoms with Crippen LogP contribution in [0.1, 0.15) is 13.3 Å². The molecule has 3 heteroatoms. The van der Waals surface area contributed by atoms with Gasteiger partial charge in [0.15, 0.2) is 5.78 Å². The van der Waals surface area contributed by atoms with E-state index in [0.29, 0.717) is 6.42 Å². The zero-order valence-electron chi connectivity index (χ0n) is 5.46. The Morgan fingerprint density at radius 2 is 2.44 bits per heavy atom. The van der Waals surface area contributed by atoms with Crippen molar-refractivity contribution in [3.63, 3.8) is 0 Å². The van der Waals surface area contributed by atoms with Gasteiger partial charge in [-0.05, 0) is 6.92 Å². The van der Waals surface area contributed by atoms with Gasteiger partial charge < -0.3 is 10.5 Å². The second-order valence-corrected chi connectivity index (χ2v) is 2.42. The molecule has 0 amide bonds.